The van der Waals surface area contributed by atoms with Crippen molar-refractivity contribution in [2.45, 2.75) is 19.8 Å². The molecule has 0 spiro atoms. The second kappa shape index (κ2) is 5.71. The molecule has 2 rings (SSSR count). The van der Waals surface area contributed by atoms with E-state index in [1.54, 1.807) is 4.90 Å². The molecule has 0 saturated carbocycles. The Morgan fingerprint density at radius 1 is 1.47 bits per heavy atom. The maximum absolute atomic E-state index is 11.9. The van der Waals surface area contributed by atoms with Crippen LogP contribution in [0.3, 0.4) is 0 Å². The lowest BCUT2D eigenvalue weighted by Gasteiger charge is -2.29. The summed E-state index contributed by atoms with van der Waals surface area (Å²) in [6.07, 6.45) is 1.82. The molecular weight excluding hydrogens is 248 g/mol. The van der Waals surface area contributed by atoms with Crippen molar-refractivity contribution >= 4 is 17.7 Å². The van der Waals surface area contributed by atoms with E-state index in [1.807, 2.05) is 19.1 Å². The van der Waals surface area contributed by atoms with Crippen molar-refractivity contribution in [1.29, 1.82) is 0 Å². The van der Waals surface area contributed by atoms with E-state index in [0.717, 1.165) is 29.7 Å². The van der Waals surface area contributed by atoms with E-state index in [9.17, 15) is 9.59 Å². The summed E-state index contributed by atoms with van der Waals surface area (Å²) >= 11 is 0. The van der Waals surface area contributed by atoms with Gasteiger partial charge in [-0.2, -0.15) is 0 Å². The first-order chi connectivity index (χ1) is 9.08. The number of nitrogens with zero attached hydrogens (tertiary/aromatic N) is 1. The molecule has 6 heteroatoms. The SMILES string of the molecule is Cc1ccc2c(c1)CCCN2C(=O)NOCC(=O)O. The van der Waals surface area contributed by atoms with Crippen molar-refractivity contribution in [2.24, 2.45) is 0 Å². The molecule has 1 heterocycles. The fourth-order valence-corrected chi connectivity index (χ4v) is 2.15. The zero-order valence-corrected chi connectivity index (χ0v) is 10.7. The Balaban J connectivity index is 2.06. The van der Waals surface area contributed by atoms with Gasteiger partial charge in [0.15, 0.2) is 6.61 Å². The van der Waals surface area contributed by atoms with E-state index in [-0.39, 0.29) is 0 Å². The number of hydrogen-bond donors (Lipinski definition) is 2. The zero-order valence-electron chi connectivity index (χ0n) is 10.7. The fraction of sp³-hybridized carbons (Fsp3) is 0.385. The molecule has 0 aliphatic carbocycles. The second-order valence-corrected chi connectivity index (χ2v) is 4.48. The van der Waals surface area contributed by atoms with Gasteiger partial charge in [0.2, 0.25) is 0 Å². The Morgan fingerprint density at radius 2 is 2.26 bits per heavy atom. The number of fused-ring (bicyclic) bond motifs is 1. The number of hydrogen-bond acceptors (Lipinski definition) is 3. The molecule has 0 saturated heterocycles. The summed E-state index contributed by atoms with van der Waals surface area (Å²) in [4.78, 5) is 28.4. The molecule has 6 nitrogen and oxygen atoms in total. The summed E-state index contributed by atoms with van der Waals surface area (Å²) in [5.41, 5.74) is 5.28. The minimum Gasteiger partial charge on any atom is -0.479 e. The summed E-state index contributed by atoms with van der Waals surface area (Å²) < 4.78 is 0. The highest BCUT2D eigenvalue weighted by atomic mass is 16.7. The molecule has 102 valence electrons. The molecule has 0 atom stereocenters. The first kappa shape index (κ1) is 13.4. The van der Waals surface area contributed by atoms with Gasteiger partial charge in [-0.3, -0.25) is 9.74 Å². The Bertz CT molecular complexity index is 501. The van der Waals surface area contributed by atoms with Gasteiger partial charge in [-0.05, 0) is 31.4 Å². The third-order valence-corrected chi connectivity index (χ3v) is 2.95. The minimum atomic E-state index is -1.13. The number of carbonyl (C=O) groups excluding carboxylic acids is 1. The monoisotopic (exact) mass is 264 g/mol. The van der Waals surface area contributed by atoms with E-state index < -0.39 is 18.6 Å². The van der Waals surface area contributed by atoms with Gasteiger partial charge in [0.25, 0.3) is 0 Å². The van der Waals surface area contributed by atoms with E-state index >= 15 is 0 Å². The van der Waals surface area contributed by atoms with Gasteiger partial charge < -0.3 is 5.11 Å². The first-order valence-corrected chi connectivity index (χ1v) is 6.08. The number of benzene rings is 1. The normalized spacial score (nSPS) is 13.8. The average Bonchev–Trinajstić information content (AvgIpc) is 2.37. The summed E-state index contributed by atoms with van der Waals surface area (Å²) in [6, 6.07) is 5.47. The number of hydroxylamine groups is 1. The summed E-state index contributed by atoms with van der Waals surface area (Å²) in [5, 5.41) is 8.44. The highest BCUT2D eigenvalue weighted by Crippen LogP contribution is 2.27. The number of aryl methyl sites for hydroxylation is 2. The predicted molar refractivity (Wildman–Crippen MR) is 69.0 cm³/mol. The molecule has 1 aliphatic rings. The summed E-state index contributed by atoms with van der Waals surface area (Å²) in [6.45, 7) is 2.05. The number of carbonyl (C=O) groups is 2. The van der Waals surface area contributed by atoms with Crippen LogP contribution in [0.15, 0.2) is 18.2 Å². The Kier molecular flexibility index (Phi) is 4.01. The Morgan fingerprint density at radius 3 is 3.00 bits per heavy atom. The molecule has 0 aromatic heterocycles. The van der Waals surface area contributed by atoms with E-state index in [2.05, 4.69) is 16.4 Å². The van der Waals surface area contributed by atoms with Crippen LogP contribution in [-0.2, 0) is 16.1 Å². The predicted octanol–water partition coefficient (Wildman–Crippen LogP) is 1.47. The van der Waals surface area contributed by atoms with Crippen LogP contribution in [0.4, 0.5) is 10.5 Å². The summed E-state index contributed by atoms with van der Waals surface area (Å²) in [7, 11) is 0. The molecule has 0 bridgehead atoms. The van der Waals surface area contributed by atoms with Gasteiger partial charge >= 0.3 is 12.0 Å². The quantitative estimate of drug-likeness (QED) is 0.810. The average molecular weight is 264 g/mol. The van der Waals surface area contributed by atoms with Crippen molar-refractivity contribution < 1.29 is 19.5 Å². The maximum atomic E-state index is 11.9. The minimum absolute atomic E-state index is 0.439. The molecule has 2 N–H and O–H groups in total. The summed E-state index contributed by atoms with van der Waals surface area (Å²) in [5.74, 6) is -1.13. The Hall–Kier alpha value is -2.08. The van der Waals surface area contributed by atoms with E-state index in [4.69, 9.17) is 5.11 Å². The van der Waals surface area contributed by atoms with Crippen molar-refractivity contribution in [3.8, 4) is 0 Å². The van der Waals surface area contributed by atoms with Crippen LogP contribution >= 0.6 is 0 Å². The number of aliphatic carboxylic acids is 1. The first-order valence-electron chi connectivity index (χ1n) is 6.08. The number of rotatable bonds is 3. The molecule has 0 fully saturated rings. The maximum Gasteiger partial charge on any atom is 0.345 e. The van der Waals surface area contributed by atoms with Crippen molar-refractivity contribution in [3.05, 3.63) is 29.3 Å². The molecule has 19 heavy (non-hydrogen) atoms. The molecule has 2 amide bonds. The fourth-order valence-electron chi connectivity index (χ4n) is 2.15. The third kappa shape index (κ3) is 3.23. The van der Waals surface area contributed by atoms with Crippen LogP contribution in [0, 0.1) is 6.92 Å². The van der Waals surface area contributed by atoms with Gasteiger partial charge in [-0.15, -0.1) is 0 Å². The van der Waals surface area contributed by atoms with Crippen LogP contribution in [0.5, 0.6) is 0 Å². The molecule has 1 aromatic carbocycles. The topological polar surface area (TPSA) is 78.9 Å². The molecule has 0 unspecified atom stereocenters. The van der Waals surface area contributed by atoms with Gasteiger partial charge in [0, 0.05) is 12.2 Å². The lowest BCUT2D eigenvalue weighted by atomic mass is 10.00. The molecule has 0 radical (unpaired) electrons. The Labute approximate surface area is 110 Å². The van der Waals surface area contributed by atoms with Crippen LogP contribution in [-0.4, -0.2) is 30.3 Å². The lowest BCUT2D eigenvalue weighted by molar-refractivity contribution is -0.143. The zero-order chi connectivity index (χ0) is 13.8. The van der Waals surface area contributed by atoms with Gasteiger partial charge in [-0.1, -0.05) is 17.7 Å². The molecular formula is C13H16N2O4. The molecule has 1 aliphatic heterocycles. The second-order valence-electron chi connectivity index (χ2n) is 4.48. The van der Waals surface area contributed by atoms with Crippen LogP contribution in [0.25, 0.3) is 0 Å². The van der Waals surface area contributed by atoms with Gasteiger partial charge in [0.1, 0.15) is 0 Å². The number of carboxylic acids is 1. The van der Waals surface area contributed by atoms with Crippen molar-refractivity contribution in [3.63, 3.8) is 0 Å². The molecule has 1 aromatic rings. The van der Waals surface area contributed by atoms with Gasteiger partial charge in [-0.25, -0.2) is 15.1 Å². The van der Waals surface area contributed by atoms with Crippen LogP contribution in [0.1, 0.15) is 17.5 Å². The lowest BCUT2D eigenvalue weighted by Crippen LogP contribution is -2.43. The largest absolute Gasteiger partial charge is 0.479 e. The number of anilines is 1. The van der Waals surface area contributed by atoms with E-state index in [0.29, 0.717) is 6.54 Å². The van der Waals surface area contributed by atoms with E-state index in [1.165, 1.54) is 0 Å². The highest BCUT2D eigenvalue weighted by molar-refractivity contribution is 5.92. The number of nitrogens with one attached hydrogen (secondary N) is 1. The number of amides is 2. The van der Waals surface area contributed by atoms with Crippen LogP contribution < -0.4 is 10.4 Å². The smallest absolute Gasteiger partial charge is 0.345 e. The third-order valence-electron chi connectivity index (χ3n) is 2.95. The van der Waals surface area contributed by atoms with Crippen molar-refractivity contribution in [2.75, 3.05) is 18.1 Å². The highest BCUT2D eigenvalue weighted by Gasteiger charge is 2.22. The number of carboxylic acid groups (broad SMARTS) is 1. The van der Waals surface area contributed by atoms with Crippen LogP contribution in [0.2, 0.25) is 0 Å². The van der Waals surface area contributed by atoms with Crippen molar-refractivity contribution in [1.82, 2.24) is 5.48 Å². The number of urea groups is 1. The standard InChI is InChI=1S/C13H16N2O4/c1-9-4-5-11-10(7-9)3-2-6-15(11)13(18)14-19-8-12(16)17/h4-5,7H,2-3,6,8H2,1H3,(H,14,18)(H,16,17). The van der Waals surface area contributed by atoms with Gasteiger partial charge in [0.05, 0.1) is 0 Å².